The Balaban J connectivity index is 2.43. The average Bonchev–Trinajstić information content (AvgIpc) is 2.71. The van der Waals surface area contributed by atoms with Crippen LogP contribution in [0, 0.1) is 13.8 Å². The van der Waals surface area contributed by atoms with E-state index in [0.717, 1.165) is 50.8 Å². The van der Waals surface area contributed by atoms with Gasteiger partial charge >= 0.3 is 0 Å². The molecule has 0 aliphatic carbocycles. The summed E-state index contributed by atoms with van der Waals surface area (Å²) in [4.78, 5) is 9.78. The minimum absolute atomic E-state index is 0.925. The van der Waals surface area contributed by atoms with E-state index < -0.39 is 0 Å². The molecular formula is C27H28N2. The number of benzene rings is 1. The molecule has 0 saturated carbocycles. The highest BCUT2D eigenvalue weighted by Crippen LogP contribution is 2.34. The Morgan fingerprint density at radius 3 is 1.93 bits per heavy atom. The zero-order valence-corrected chi connectivity index (χ0v) is 17.8. The number of allylic oxidation sites excluding steroid dienone is 8. The lowest BCUT2D eigenvalue weighted by Crippen LogP contribution is -1.97. The molecule has 0 N–H and O–H groups in total. The SMILES string of the molecule is C=C/C=C(\C=C)c1cc(C)nc2c1ccc1c(C(/C=C\CC)=C/C)cc(C)nc12. The van der Waals surface area contributed by atoms with E-state index >= 15 is 0 Å². The van der Waals surface area contributed by atoms with Crippen molar-refractivity contribution >= 4 is 33.0 Å². The van der Waals surface area contributed by atoms with Gasteiger partial charge in [-0.1, -0.05) is 68.7 Å². The van der Waals surface area contributed by atoms with E-state index in [2.05, 4.69) is 69.5 Å². The van der Waals surface area contributed by atoms with Crippen LogP contribution in [0.15, 0.2) is 73.9 Å². The Hall–Kier alpha value is -3.26. The van der Waals surface area contributed by atoms with E-state index in [1.807, 2.05) is 26.0 Å². The highest BCUT2D eigenvalue weighted by atomic mass is 14.8. The molecule has 0 aliphatic heterocycles. The van der Waals surface area contributed by atoms with Crippen molar-refractivity contribution in [3.05, 3.63) is 96.4 Å². The Bertz CT molecular complexity index is 1190. The molecule has 0 atom stereocenters. The number of nitrogens with zero attached hydrogens (tertiary/aromatic N) is 2. The highest BCUT2D eigenvalue weighted by molar-refractivity contribution is 6.10. The van der Waals surface area contributed by atoms with Crippen LogP contribution < -0.4 is 0 Å². The van der Waals surface area contributed by atoms with Crippen LogP contribution in [-0.4, -0.2) is 9.97 Å². The minimum Gasteiger partial charge on any atom is -0.251 e. The molecule has 146 valence electrons. The van der Waals surface area contributed by atoms with Crippen molar-refractivity contribution in [3.8, 4) is 0 Å². The molecule has 0 spiro atoms. The van der Waals surface area contributed by atoms with Crippen molar-refractivity contribution < 1.29 is 0 Å². The van der Waals surface area contributed by atoms with Gasteiger partial charge in [0.05, 0.1) is 11.0 Å². The van der Waals surface area contributed by atoms with Crippen LogP contribution in [0.4, 0.5) is 0 Å². The third-order valence-corrected chi connectivity index (χ3v) is 5.00. The summed E-state index contributed by atoms with van der Waals surface area (Å²) in [6.07, 6.45) is 13.2. The number of hydrogen-bond donors (Lipinski definition) is 0. The van der Waals surface area contributed by atoms with Gasteiger partial charge in [0.15, 0.2) is 0 Å². The Kier molecular flexibility index (Phi) is 6.23. The number of rotatable bonds is 6. The zero-order valence-electron chi connectivity index (χ0n) is 17.8. The monoisotopic (exact) mass is 380 g/mol. The maximum atomic E-state index is 4.90. The zero-order chi connectivity index (χ0) is 21.0. The van der Waals surface area contributed by atoms with E-state index in [0.29, 0.717) is 0 Å². The number of aryl methyl sites for hydroxylation is 2. The molecule has 1 aromatic carbocycles. The summed E-state index contributed by atoms with van der Waals surface area (Å²) < 4.78 is 0. The molecule has 0 unspecified atom stereocenters. The molecule has 3 aromatic rings. The fourth-order valence-electron chi connectivity index (χ4n) is 3.69. The molecule has 2 heterocycles. The summed E-state index contributed by atoms with van der Waals surface area (Å²) in [5.74, 6) is 0. The van der Waals surface area contributed by atoms with Gasteiger partial charge in [-0.15, -0.1) is 0 Å². The van der Waals surface area contributed by atoms with Crippen molar-refractivity contribution in [2.75, 3.05) is 0 Å². The van der Waals surface area contributed by atoms with Gasteiger partial charge in [-0.25, -0.2) is 0 Å². The van der Waals surface area contributed by atoms with Crippen LogP contribution in [0.5, 0.6) is 0 Å². The first kappa shape index (κ1) is 20.5. The van der Waals surface area contributed by atoms with Gasteiger partial charge in [-0.2, -0.15) is 0 Å². The maximum absolute atomic E-state index is 4.90. The molecule has 0 radical (unpaired) electrons. The first-order valence-electron chi connectivity index (χ1n) is 10.0. The lowest BCUT2D eigenvalue weighted by Gasteiger charge is -2.14. The van der Waals surface area contributed by atoms with Crippen LogP contribution in [0.1, 0.15) is 42.8 Å². The summed E-state index contributed by atoms with van der Waals surface area (Å²) >= 11 is 0. The molecule has 0 saturated heterocycles. The number of aromatic nitrogens is 2. The highest BCUT2D eigenvalue weighted by Gasteiger charge is 2.14. The molecule has 0 fully saturated rings. The van der Waals surface area contributed by atoms with Crippen molar-refractivity contribution in [2.45, 2.75) is 34.1 Å². The first-order valence-corrected chi connectivity index (χ1v) is 10.0. The first-order chi connectivity index (χ1) is 14.0. The van der Waals surface area contributed by atoms with E-state index in [4.69, 9.17) is 9.97 Å². The molecule has 0 amide bonds. The Morgan fingerprint density at radius 2 is 1.48 bits per heavy atom. The maximum Gasteiger partial charge on any atom is 0.0974 e. The molecule has 2 heteroatoms. The molecule has 0 aliphatic rings. The van der Waals surface area contributed by atoms with Gasteiger partial charge in [-0.3, -0.25) is 9.97 Å². The summed E-state index contributed by atoms with van der Waals surface area (Å²) in [6, 6.07) is 8.57. The van der Waals surface area contributed by atoms with Crippen molar-refractivity contribution in [3.63, 3.8) is 0 Å². The predicted octanol–water partition coefficient (Wildman–Crippen LogP) is 7.52. The number of fused-ring (bicyclic) bond motifs is 3. The molecule has 0 bridgehead atoms. The lowest BCUT2D eigenvalue weighted by molar-refractivity contribution is 1.22. The normalized spacial score (nSPS) is 12.8. The standard InChI is InChI=1S/C27H28N2/c1-7-11-13-21(10-4)25-17-19(6)29-27-23(25)15-14-22-24(20(9-3)12-8-2)16-18(5)28-26(22)27/h8-17H,2-3,7H2,1,4-6H3/b13-11-,20-12+,21-10+. The Labute approximate surface area is 173 Å². The van der Waals surface area contributed by atoms with Crippen LogP contribution in [-0.2, 0) is 0 Å². The molecular weight excluding hydrogens is 352 g/mol. The van der Waals surface area contributed by atoms with Gasteiger partial charge in [0.2, 0.25) is 0 Å². The van der Waals surface area contributed by atoms with Gasteiger partial charge in [-0.05, 0) is 61.6 Å². The van der Waals surface area contributed by atoms with Crippen molar-refractivity contribution in [1.29, 1.82) is 0 Å². The van der Waals surface area contributed by atoms with Crippen LogP contribution in [0.3, 0.4) is 0 Å². The third kappa shape index (κ3) is 3.97. The molecule has 3 rings (SSSR count). The fraction of sp³-hybridized carbons (Fsp3) is 0.185. The van der Waals surface area contributed by atoms with Crippen LogP contribution >= 0.6 is 0 Å². The van der Waals surface area contributed by atoms with E-state index in [1.165, 1.54) is 11.1 Å². The second-order valence-electron chi connectivity index (χ2n) is 7.10. The molecule has 29 heavy (non-hydrogen) atoms. The summed E-state index contributed by atoms with van der Waals surface area (Å²) in [5, 5.41) is 2.19. The van der Waals surface area contributed by atoms with Gasteiger partial charge in [0.25, 0.3) is 0 Å². The number of pyridine rings is 2. The smallest absolute Gasteiger partial charge is 0.0974 e. The van der Waals surface area contributed by atoms with Gasteiger partial charge < -0.3 is 0 Å². The summed E-state index contributed by atoms with van der Waals surface area (Å²) in [6.45, 7) is 16.1. The van der Waals surface area contributed by atoms with Gasteiger partial charge in [0.1, 0.15) is 0 Å². The number of hydrogen-bond acceptors (Lipinski definition) is 2. The Morgan fingerprint density at radius 1 is 0.931 bits per heavy atom. The van der Waals surface area contributed by atoms with Gasteiger partial charge in [0, 0.05) is 22.2 Å². The summed E-state index contributed by atoms with van der Waals surface area (Å²) in [7, 11) is 0. The minimum atomic E-state index is 0.925. The molecule has 2 nitrogen and oxygen atoms in total. The summed E-state index contributed by atoms with van der Waals surface area (Å²) in [5.41, 5.74) is 8.33. The second kappa shape index (κ2) is 8.83. The van der Waals surface area contributed by atoms with E-state index in [1.54, 1.807) is 6.08 Å². The lowest BCUT2D eigenvalue weighted by atomic mass is 9.94. The van der Waals surface area contributed by atoms with Crippen LogP contribution in [0.25, 0.3) is 33.0 Å². The topological polar surface area (TPSA) is 25.8 Å². The average molecular weight is 381 g/mol. The second-order valence-corrected chi connectivity index (χ2v) is 7.10. The predicted molar refractivity (Wildman–Crippen MR) is 128 cm³/mol. The van der Waals surface area contributed by atoms with Crippen molar-refractivity contribution in [2.24, 2.45) is 0 Å². The third-order valence-electron chi connectivity index (χ3n) is 5.00. The largest absolute Gasteiger partial charge is 0.251 e. The van der Waals surface area contributed by atoms with E-state index in [9.17, 15) is 0 Å². The van der Waals surface area contributed by atoms with Crippen LogP contribution in [0.2, 0.25) is 0 Å². The fourth-order valence-corrected chi connectivity index (χ4v) is 3.69. The van der Waals surface area contributed by atoms with E-state index in [-0.39, 0.29) is 0 Å². The van der Waals surface area contributed by atoms with Crippen molar-refractivity contribution in [1.82, 2.24) is 9.97 Å². The molecule has 2 aromatic heterocycles. The quantitative estimate of drug-likeness (QED) is 0.326.